The number of benzene rings is 2. The predicted molar refractivity (Wildman–Crippen MR) is 111 cm³/mol. The van der Waals surface area contributed by atoms with Gasteiger partial charge in [-0.1, -0.05) is 23.5 Å². The minimum atomic E-state index is -0.399. The summed E-state index contributed by atoms with van der Waals surface area (Å²) in [5.41, 5.74) is 1.04. The maximum atomic E-state index is 13.0. The molecule has 2 aromatic carbocycles. The summed E-state index contributed by atoms with van der Waals surface area (Å²) in [4.78, 5) is 28.7. The van der Waals surface area contributed by atoms with Crippen LogP contribution in [0.25, 0.3) is 16.6 Å². The molecule has 0 saturated carbocycles. The molecular weight excluding hydrogens is 414 g/mol. The molecule has 10 heteroatoms. The Hall–Kier alpha value is -3.37. The maximum Gasteiger partial charge on any atom is 0.269 e. The highest BCUT2D eigenvalue weighted by atomic mass is 32.1. The molecule has 1 aliphatic rings. The topological polar surface area (TPSA) is 94.1 Å². The van der Waals surface area contributed by atoms with Crippen LogP contribution >= 0.6 is 23.6 Å². The van der Waals surface area contributed by atoms with Crippen molar-refractivity contribution in [3.05, 3.63) is 55.6 Å². The van der Waals surface area contributed by atoms with Crippen molar-refractivity contribution >= 4 is 51.7 Å². The lowest BCUT2D eigenvalue weighted by atomic mass is 10.2. The first-order chi connectivity index (χ1) is 14.1. The van der Waals surface area contributed by atoms with Crippen molar-refractivity contribution in [1.82, 2.24) is 9.38 Å². The second-order valence-corrected chi connectivity index (χ2v) is 7.86. The molecule has 0 spiro atoms. The second-order valence-electron chi connectivity index (χ2n) is 6.21. The first kappa shape index (κ1) is 17.7. The van der Waals surface area contributed by atoms with E-state index >= 15 is 0 Å². The van der Waals surface area contributed by atoms with Gasteiger partial charge in [0.15, 0.2) is 15.5 Å². The molecule has 1 amide bonds. The quantitative estimate of drug-likeness (QED) is 0.486. The Morgan fingerprint density at radius 2 is 2.03 bits per heavy atom. The zero-order valence-corrected chi connectivity index (χ0v) is 16.6. The van der Waals surface area contributed by atoms with Crippen LogP contribution in [-0.2, 0) is 0 Å². The Labute approximate surface area is 172 Å². The molecule has 146 valence electrons. The fourth-order valence-corrected chi connectivity index (χ4v) is 4.54. The van der Waals surface area contributed by atoms with Crippen LogP contribution in [-0.4, -0.2) is 29.2 Å². The predicted octanol–water partition coefficient (Wildman–Crippen LogP) is 3.56. The lowest BCUT2D eigenvalue weighted by molar-refractivity contribution is 0.103. The molecule has 0 fully saturated rings. The number of fused-ring (bicyclic) bond motifs is 4. The molecule has 4 aromatic rings. The molecule has 2 aromatic heterocycles. The number of aromatic amines is 1. The molecule has 0 aliphatic carbocycles. The number of hydrogen-bond acceptors (Lipinski definition) is 7. The lowest BCUT2D eigenvalue weighted by Gasteiger charge is -2.09. The van der Waals surface area contributed by atoms with Gasteiger partial charge in [-0.2, -0.15) is 0 Å². The highest BCUT2D eigenvalue weighted by Crippen LogP contribution is 2.36. The third-order valence-corrected chi connectivity index (χ3v) is 5.95. The fourth-order valence-electron chi connectivity index (χ4n) is 3.26. The minimum Gasteiger partial charge on any atom is -0.495 e. The summed E-state index contributed by atoms with van der Waals surface area (Å²) in [6.07, 6.45) is 0. The minimum absolute atomic E-state index is 0.0916. The Morgan fingerprint density at radius 1 is 1.28 bits per heavy atom. The summed E-state index contributed by atoms with van der Waals surface area (Å²) < 4.78 is 18.1. The monoisotopic (exact) mass is 427 g/mol. The van der Waals surface area contributed by atoms with Crippen LogP contribution in [0.3, 0.4) is 0 Å². The smallest absolute Gasteiger partial charge is 0.269 e. The Bertz CT molecular complexity index is 1420. The van der Waals surface area contributed by atoms with Gasteiger partial charge in [0.2, 0.25) is 6.79 Å². The van der Waals surface area contributed by atoms with Gasteiger partial charge in [-0.15, -0.1) is 0 Å². The van der Waals surface area contributed by atoms with E-state index in [-0.39, 0.29) is 17.2 Å². The molecule has 1 aliphatic heterocycles. The van der Waals surface area contributed by atoms with Crippen molar-refractivity contribution in [2.45, 2.75) is 0 Å². The van der Waals surface area contributed by atoms with Crippen LogP contribution in [0.4, 0.5) is 5.69 Å². The van der Waals surface area contributed by atoms with Crippen molar-refractivity contribution in [2.75, 3.05) is 19.2 Å². The van der Waals surface area contributed by atoms with Crippen LogP contribution in [0.2, 0.25) is 0 Å². The number of carbonyl (C=O) groups is 1. The highest BCUT2D eigenvalue weighted by molar-refractivity contribution is 7.73. The standard InChI is InChI=1S/C19H13N3O5S2/c1-25-12-5-3-2-4-10(12)20-18(24)15-16-21-17(23)9-6-13-14(27-8-26-13)7-11(9)22(16)19(28)29-15/h2-7H,8H2,1H3,(H,20,24)(H,21,23). The van der Waals surface area contributed by atoms with E-state index in [1.807, 2.05) is 0 Å². The number of thiazole rings is 1. The van der Waals surface area contributed by atoms with Crippen LogP contribution < -0.4 is 25.1 Å². The van der Waals surface area contributed by atoms with E-state index in [4.69, 9.17) is 26.4 Å². The molecular formula is C19H13N3O5S2. The summed E-state index contributed by atoms with van der Waals surface area (Å²) in [5.74, 6) is 1.15. The number of carbonyl (C=O) groups excluding carboxylic acids is 1. The molecule has 8 nitrogen and oxygen atoms in total. The molecule has 3 heterocycles. The first-order valence-corrected chi connectivity index (χ1v) is 9.75. The van der Waals surface area contributed by atoms with Crippen molar-refractivity contribution < 1.29 is 19.0 Å². The molecule has 0 atom stereocenters. The Balaban J connectivity index is 1.69. The lowest BCUT2D eigenvalue weighted by Crippen LogP contribution is -2.15. The summed E-state index contributed by atoms with van der Waals surface area (Å²) in [5, 5.41) is 3.21. The third kappa shape index (κ3) is 2.76. The largest absolute Gasteiger partial charge is 0.495 e. The number of anilines is 1. The summed E-state index contributed by atoms with van der Waals surface area (Å²) in [6, 6.07) is 10.4. The van der Waals surface area contributed by atoms with Gasteiger partial charge >= 0.3 is 0 Å². The summed E-state index contributed by atoms with van der Waals surface area (Å²) in [7, 11) is 1.52. The maximum absolute atomic E-state index is 13.0. The average molecular weight is 427 g/mol. The van der Waals surface area contributed by atoms with Crippen molar-refractivity contribution in [1.29, 1.82) is 0 Å². The number of nitrogens with zero attached hydrogens (tertiary/aromatic N) is 1. The van der Waals surface area contributed by atoms with Crippen LogP contribution in [0.1, 0.15) is 9.67 Å². The summed E-state index contributed by atoms with van der Waals surface area (Å²) >= 11 is 6.60. The zero-order chi connectivity index (χ0) is 20.1. The van der Waals surface area contributed by atoms with E-state index in [1.165, 1.54) is 7.11 Å². The fraction of sp³-hybridized carbons (Fsp3) is 0.105. The Kier molecular flexibility index (Phi) is 4.03. The molecule has 0 bridgehead atoms. The van der Waals surface area contributed by atoms with Gasteiger partial charge in [0.1, 0.15) is 16.3 Å². The number of H-pyrrole nitrogens is 1. The van der Waals surface area contributed by atoms with E-state index in [0.717, 1.165) is 11.3 Å². The van der Waals surface area contributed by atoms with Crippen molar-refractivity contribution in [3.8, 4) is 17.2 Å². The number of hydrogen-bond donors (Lipinski definition) is 2. The van der Waals surface area contributed by atoms with Gasteiger partial charge in [-0.3, -0.25) is 14.0 Å². The number of rotatable bonds is 3. The average Bonchev–Trinajstić information content (AvgIpc) is 3.31. The SMILES string of the molecule is COc1ccccc1NC(=O)c1sc(=S)n2c1[nH]c(=O)c1cc3c(cc12)OCO3. The van der Waals surface area contributed by atoms with E-state index < -0.39 is 5.91 Å². The van der Waals surface area contributed by atoms with E-state index in [1.54, 1.807) is 40.8 Å². The van der Waals surface area contributed by atoms with E-state index in [2.05, 4.69) is 10.3 Å². The first-order valence-electron chi connectivity index (χ1n) is 8.52. The van der Waals surface area contributed by atoms with Crippen LogP contribution in [0.15, 0.2) is 41.2 Å². The van der Waals surface area contributed by atoms with E-state index in [9.17, 15) is 9.59 Å². The number of para-hydroxylation sites is 2. The number of aromatic nitrogens is 2. The van der Waals surface area contributed by atoms with Gasteiger partial charge in [0, 0.05) is 6.07 Å². The molecule has 5 rings (SSSR count). The van der Waals surface area contributed by atoms with Gasteiger partial charge in [0.25, 0.3) is 11.5 Å². The third-order valence-electron chi connectivity index (χ3n) is 4.58. The Morgan fingerprint density at radius 3 is 2.83 bits per heavy atom. The van der Waals surface area contributed by atoms with Crippen LogP contribution in [0, 0.1) is 3.95 Å². The number of nitrogens with one attached hydrogen (secondary N) is 2. The zero-order valence-electron chi connectivity index (χ0n) is 15.0. The van der Waals surface area contributed by atoms with Gasteiger partial charge in [0.05, 0.1) is 23.7 Å². The van der Waals surface area contributed by atoms with Crippen molar-refractivity contribution in [2.24, 2.45) is 0 Å². The van der Waals surface area contributed by atoms with E-state index in [0.29, 0.717) is 43.4 Å². The van der Waals surface area contributed by atoms with Crippen LogP contribution in [0.5, 0.6) is 17.2 Å². The van der Waals surface area contributed by atoms with Gasteiger partial charge in [-0.25, -0.2) is 0 Å². The van der Waals surface area contributed by atoms with Gasteiger partial charge in [-0.05, 0) is 30.4 Å². The number of amides is 1. The molecule has 0 radical (unpaired) electrons. The normalized spacial score (nSPS) is 12.4. The molecule has 29 heavy (non-hydrogen) atoms. The highest BCUT2D eigenvalue weighted by Gasteiger charge is 2.22. The summed E-state index contributed by atoms with van der Waals surface area (Å²) in [6.45, 7) is 0.0916. The molecule has 0 saturated heterocycles. The molecule has 2 N–H and O–H groups in total. The van der Waals surface area contributed by atoms with Gasteiger partial charge < -0.3 is 24.5 Å². The number of ether oxygens (including phenoxy) is 3. The second kappa shape index (κ2) is 6.61. The number of methoxy groups -OCH3 is 1. The van der Waals surface area contributed by atoms with Crippen molar-refractivity contribution in [3.63, 3.8) is 0 Å². The molecule has 0 unspecified atom stereocenters.